The lowest BCUT2D eigenvalue weighted by molar-refractivity contribution is -0.921. The molecule has 11 heteroatoms. The maximum absolute atomic E-state index is 11.2. The molecule has 0 spiro atoms. The summed E-state index contributed by atoms with van der Waals surface area (Å²) in [5.74, 6) is 0.329. The van der Waals surface area contributed by atoms with E-state index in [9.17, 15) is 20.2 Å². The van der Waals surface area contributed by atoms with E-state index in [-0.39, 0.29) is 26.8 Å². The molecule has 1 aromatic rings. The highest BCUT2D eigenvalue weighted by Gasteiger charge is 2.55. The Morgan fingerprint density at radius 1 is 1.33 bits per heavy atom. The van der Waals surface area contributed by atoms with Crippen molar-refractivity contribution >= 4 is 28.7 Å². The van der Waals surface area contributed by atoms with Crippen molar-refractivity contribution in [1.82, 2.24) is 9.97 Å². The number of hydrogen-bond acceptors (Lipinski definition) is 7. The standard InChI is InChI=1S/C10H11N6O4S/c1-3-16(2)8(13-9(21)10(16)15(19)20)7-11-4-6(5-12-7)14(17)18/h4-5,10H,3H2,1-2H3/q+1. The highest BCUT2D eigenvalue weighted by molar-refractivity contribution is 7.80. The molecule has 1 aromatic heterocycles. The number of nitro groups is 2. The Balaban J connectivity index is 2.47. The Hall–Kier alpha value is -2.40. The van der Waals surface area contributed by atoms with Gasteiger partial charge < -0.3 is 0 Å². The van der Waals surface area contributed by atoms with Crippen LogP contribution in [0.5, 0.6) is 0 Å². The van der Waals surface area contributed by atoms with Gasteiger partial charge in [0.25, 0.3) is 5.84 Å². The predicted molar refractivity (Wildman–Crippen MR) is 75.3 cm³/mol. The van der Waals surface area contributed by atoms with Crippen molar-refractivity contribution in [1.29, 1.82) is 0 Å². The third-order valence-electron chi connectivity index (χ3n) is 3.37. The first-order chi connectivity index (χ1) is 9.81. The largest absolute Gasteiger partial charge is 0.395 e. The average Bonchev–Trinajstić information content (AvgIpc) is 2.71. The summed E-state index contributed by atoms with van der Waals surface area (Å²) in [6.07, 6.45) is 0.889. The first-order valence-electron chi connectivity index (χ1n) is 5.90. The van der Waals surface area contributed by atoms with Gasteiger partial charge in [0.1, 0.15) is 12.4 Å². The molecule has 0 fully saturated rings. The number of rotatable bonds is 4. The molecule has 0 N–H and O–H groups in total. The molecule has 2 unspecified atom stereocenters. The Morgan fingerprint density at radius 3 is 2.33 bits per heavy atom. The molecule has 0 amide bonds. The van der Waals surface area contributed by atoms with Gasteiger partial charge >= 0.3 is 11.9 Å². The van der Waals surface area contributed by atoms with Crippen molar-refractivity contribution in [2.24, 2.45) is 4.99 Å². The molecule has 10 nitrogen and oxygen atoms in total. The van der Waals surface area contributed by atoms with Gasteiger partial charge in [-0.3, -0.25) is 20.2 Å². The summed E-state index contributed by atoms with van der Waals surface area (Å²) >= 11 is 4.97. The second-order valence-corrected chi connectivity index (χ2v) is 4.96. The zero-order valence-electron chi connectivity index (χ0n) is 11.2. The van der Waals surface area contributed by atoms with Crippen LogP contribution in [-0.2, 0) is 0 Å². The van der Waals surface area contributed by atoms with Crippen LogP contribution < -0.4 is 0 Å². The van der Waals surface area contributed by atoms with Gasteiger partial charge in [-0.05, 0) is 19.1 Å². The zero-order valence-corrected chi connectivity index (χ0v) is 12.0. The normalized spacial score (nSPS) is 24.8. The third kappa shape index (κ3) is 2.36. The maximum atomic E-state index is 11.2. The summed E-state index contributed by atoms with van der Waals surface area (Å²) in [6, 6.07) is 0. The van der Waals surface area contributed by atoms with Crippen molar-refractivity contribution in [3.63, 3.8) is 0 Å². The molecule has 2 heterocycles. The Bertz CT molecular complexity index is 660. The SMILES string of the molecule is CC[N+]1(C)C(c2ncc([N+](=O)[O-])cn2)=NC(=S)C1[N+](=O)[O-]. The molecule has 2 rings (SSSR count). The molecular weight excluding hydrogens is 300 g/mol. The lowest BCUT2D eigenvalue weighted by Crippen LogP contribution is -2.58. The number of amidine groups is 1. The zero-order chi connectivity index (χ0) is 15.8. The Kier molecular flexibility index (Phi) is 3.70. The molecule has 0 radical (unpaired) electrons. The number of thiocarbonyl (C=S) groups is 1. The maximum Gasteiger partial charge on any atom is 0.395 e. The van der Waals surface area contributed by atoms with Crippen LogP contribution in [0.3, 0.4) is 0 Å². The van der Waals surface area contributed by atoms with Crippen molar-refractivity contribution in [3.8, 4) is 0 Å². The average molecular weight is 311 g/mol. The quantitative estimate of drug-likeness (QED) is 0.344. The van der Waals surface area contributed by atoms with Gasteiger partial charge in [0, 0.05) is 0 Å². The molecule has 0 saturated carbocycles. The Morgan fingerprint density at radius 2 is 1.90 bits per heavy atom. The lowest BCUT2D eigenvalue weighted by atomic mass is 10.3. The van der Waals surface area contributed by atoms with E-state index in [1.54, 1.807) is 14.0 Å². The van der Waals surface area contributed by atoms with E-state index >= 15 is 0 Å². The van der Waals surface area contributed by atoms with Crippen LogP contribution in [-0.4, -0.2) is 54.9 Å². The Labute approximate surface area is 124 Å². The van der Waals surface area contributed by atoms with Gasteiger partial charge in [-0.2, -0.15) is 4.99 Å². The molecule has 1 aliphatic heterocycles. The first-order valence-corrected chi connectivity index (χ1v) is 6.30. The van der Waals surface area contributed by atoms with Gasteiger partial charge in [0.2, 0.25) is 10.8 Å². The predicted octanol–water partition coefficient (Wildman–Crippen LogP) is 0.542. The minimum atomic E-state index is -1.18. The van der Waals surface area contributed by atoms with Gasteiger partial charge in [0.15, 0.2) is 0 Å². The van der Waals surface area contributed by atoms with Crippen LogP contribution in [0.2, 0.25) is 0 Å². The minimum absolute atomic E-state index is 0.0543. The molecule has 1 aliphatic rings. The first kappa shape index (κ1) is 15.0. The monoisotopic (exact) mass is 311 g/mol. The van der Waals surface area contributed by atoms with E-state index in [4.69, 9.17) is 12.2 Å². The number of aliphatic imine (C=N–C) groups is 1. The van der Waals surface area contributed by atoms with E-state index in [0.29, 0.717) is 6.54 Å². The fraction of sp³-hybridized carbons (Fsp3) is 0.400. The summed E-state index contributed by atoms with van der Waals surface area (Å²) in [6.45, 7) is 2.11. The van der Waals surface area contributed by atoms with Gasteiger partial charge in [0.05, 0.1) is 23.4 Å². The lowest BCUT2D eigenvalue weighted by Gasteiger charge is -2.28. The molecule has 0 bridgehead atoms. The minimum Gasteiger partial charge on any atom is -0.259 e. The van der Waals surface area contributed by atoms with Gasteiger partial charge in [-0.15, -0.1) is 0 Å². The van der Waals surface area contributed by atoms with E-state index in [0.717, 1.165) is 12.4 Å². The van der Waals surface area contributed by atoms with Crippen molar-refractivity contribution in [3.05, 3.63) is 38.4 Å². The van der Waals surface area contributed by atoms with Crippen molar-refractivity contribution in [2.75, 3.05) is 13.6 Å². The summed E-state index contributed by atoms with van der Waals surface area (Å²) < 4.78 is -0.177. The molecule has 0 aliphatic carbocycles. The third-order valence-corrected chi connectivity index (χ3v) is 3.67. The summed E-state index contributed by atoms with van der Waals surface area (Å²) in [4.78, 5) is 32.4. The smallest absolute Gasteiger partial charge is 0.259 e. The topological polar surface area (TPSA) is 124 Å². The van der Waals surface area contributed by atoms with Crippen LogP contribution in [0, 0.1) is 20.2 Å². The number of quaternary nitrogens is 1. The fourth-order valence-corrected chi connectivity index (χ4v) is 2.47. The van der Waals surface area contributed by atoms with Gasteiger partial charge in [-0.1, -0.05) is 0 Å². The van der Waals surface area contributed by atoms with E-state index in [1.165, 1.54) is 0 Å². The number of aromatic nitrogens is 2. The molecule has 0 aromatic carbocycles. The van der Waals surface area contributed by atoms with Crippen LogP contribution in [0.25, 0.3) is 0 Å². The summed E-state index contributed by atoms with van der Waals surface area (Å²) in [5, 5.41) is 21.8. The van der Waals surface area contributed by atoms with E-state index in [1.807, 2.05) is 0 Å². The number of likely N-dealkylation sites (N-methyl/N-ethyl adjacent to an activating group) is 1. The molecule has 2 atom stereocenters. The number of nitrogens with zero attached hydrogens (tertiary/aromatic N) is 6. The second kappa shape index (κ2) is 5.18. The summed E-state index contributed by atoms with van der Waals surface area (Å²) in [7, 11) is 1.61. The molecular formula is C10H11N6O4S+. The van der Waals surface area contributed by atoms with E-state index in [2.05, 4.69) is 15.0 Å². The molecule has 0 saturated heterocycles. The second-order valence-electron chi connectivity index (χ2n) is 4.54. The highest BCUT2D eigenvalue weighted by atomic mass is 32.1. The summed E-state index contributed by atoms with van der Waals surface area (Å²) in [5.41, 5.74) is -0.267. The van der Waals surface area contributed by atoms with E-state index < -0.39 is 16.0 Å². The highest BCUT2D eigenvalue weighted by Crippen LogP contribution is 2.25. The van der Waals surface area contributed by atoms with Crippen LogP contribution >= 0.6 is 12.2 Å². The number of hydrogen-bond donors (Lipinski definition) is 0. The van der Waals surface area contributed by atoms with Crippen LogP contribution in [0.15, 0.2) is 17.4 Å². The van der Waals surface area contributed by atoms with Crippen LogP contribution in [0.1, 0.15) is 12.7 Å². The molecule has 110 valence electrons. The van der Waals surface area contributed by atoms with Crippen molar-refractivity contribution < 1.29 is 14.3 Å². The van der Waals surface area contributed by atoms with Crippen molar-refractivity contribution in [2.45, 2.75) is 13.1 Å². The molecule has 21 heavy (non-hydrogen) atoms. The van der Waals surface area contributed by atoms with Crippen LogP contribution in [0.4, 0.5) is 5.69 Å². The van der Waals surface area contributed by atoms with Gasteiger partial charge in [-0.25, -0.2) is 14.5 Å². The fourth-order valence-electron chi connectivity index (χ4n) is 2.07.